The van der Waals surface area contributed by atoms with E-state index in [0.29, 0.717) is 17.8 Å². The second kappa shape index (κ2) is 7.80. The monoisotopic (exact) mass is 436 g/mol. The average molecular weight is 438 g/mol. The maximum Gasteiger partial charge on any atom is 0.307 e. The number of nitrogens with zero attached hydrogens (tertiary/aromatic N) is 1. The van der Waals surface area contributed by atoms with Gasteiger partial charge in [-0.15, -0.1) is 0 Å². The van der Waals surface area contributed by atoms with Gasteiger partial charge in [-0.3, -0.25) is 4.79 Å². The number of hydrogen-bond donors (Lipinski definition) is 2. The van der Waals surface area contributed by atoms with E-state index in [2.05, 4.69) is 26.5 Å². The van der Waals surface area contributed by atoms with Gasteiger partial charge >= 0.3 is 5.91 Å². The summed E-state index contributed by atoms with van der Waals surface area (Å²) in [5, 5.41) is 14.6. The van der Waals surface area contributed by atoms with Crippen molar-refractivity contribution in [2.75, 3.05) is 6.61 Å². The van der Waals surface area contributed by atoms with Crippen molar-refractivity contribution in [1.82, 2.24) is 5.43 Å². The molecule has 2 aromatic carbocycles. The Morgan fingerprint density at radius 1 is 1.38 bits per heavy atom. The molecule has 1 aromatic heterocycles. The highest BCUT2D eigenvalue weighted by molar-refractivity contribution is 9.10. The van der Waals surface area contributed by atoms with Crippen LogP contribution >= 0.6 is 27.5 Å². The van der Waals surface area contributed by atoms with E-state index in [1.165, 1.54) is 12.3 Å². The Morgan fingerprint density at radius 2 is 2.19 bits per heavy atom. The Kier molecular flexibility index (Phi) is 5.49. The highest BCUT2D eigenvalue weighted by Crippen LogP contribution is 2.34. The molecule has 0 unspecified atom stereocenters. The van der Waals surface area contributed by atoms with Gasteiger partial charge < -0.3 is 14.3 Å². The number of nitrogens with one attached hydrogen (secondary N) is 1. The van der Waals surface area contributed by atoms with E-state index in [4.69, 9.17) is 20.8 Å². The molecule has 0 saturated carbocycles. The van der Waals surface area contributed by atoms with Crippen molar-refractivity contribution in [2.45, 2.75) is 6.92 Å². The molecule has 0 aliphatic heterocycles. The fraction of sp³-hybridized carbons (Fsp3) is 0.111. The Morgan fingerprint density at radius 3 is 2.96 bits per heavy atom. The highest BCUT2D eigenvalue weighted by Gasteiger charge is 2.12. The molecule has 0 atom stereocenters. The normalized spacial score (nSPS) is 11.2. The van der Waals surface area contributed by atoms with Crippen LogP contribution in [0.3, 0.4) is 0 Å². The van der Waals surface area contributed by atoms with E-state index in [0.717, 1.165) is 9.86 Å². The van der Waals surface area contributed by atoms with Gasteiger partial charge in [-0.2, -0.15) is 5.10 Å². The number of hydrazone groups is 1. The third-order valence-electron chi connectivity index (χ3n) is 3.43. The lowest BCUT2D eigenvalue weighted by Crippen LogP contribution is -2.16. The number of carbonyl (C=O) groups excluding carboxylic acids is 1. The van der Waals surface area contributed by atoms with Crippen molar-refractivity contribution in [2.24, 2.45) is 5.10 Å². The fourth-order valence-corrected chi connectivity index (χ4v) is 2.88. The molecule has 3 rings (SSSR count). The summed E-state index contributed by atoms with van der Waals surface area (Å²) < 4.78 is 11.7. The maximum atomic E-state index is 12.2. The third-order valence-corrected chi connectivity index (χ3v) is 4.21. The van der Waals surface area contributed by atoms with Crippen molar-refractivity contribution in [1.29, 1.82) is 0 Å². The molecule has 0 aliphatic rings. The number of rotatable bonds is 5. The highest BCUT2D eigenvalue weighted by atomic mass is 79.9. The van der Waals surface area contributed by atoms with Crippen molar-refractivity contribution in [3.8, 4) is 11.5 Å². The van der Waals surface area contributed by atoms with Gasteiger partial charge in [0.2, 0.25) is 0 Å². The predicted molar refractivity (Wildman–Crippen MR) is 103 cm³/mol. The molecular formula is C18H14BrClN2O4. The summed E-state index contributed by atoms with van der Waals surface area (Å²) in [7, 11) is 0. The number of hydrogen-bond acceptors (Lipinski definition) is 5. The zero-order valence-electron chi connectivity index (χ0n) is 13.6. The first-order valence-electron chi connectivity index (χ1n) is 7.65. The number of aromatic hydroxyl groups is 1. The van der Waals surface area contributed by atoms with Crippen LogP contribution in [0.15, 0.2) is 50.4 Å². The standard InChI is InChI=1S/C18H14BrClN2O4/c1-2-25-15-6-10(5-13(20)17(15)23)9-21-22-18(24)16-8-11-7-12(19)3-4-14(11)26-16/h3-9,23H,2H2,1H3,(H,22,24)/b21-9+. The second-order valence-corrected chi connectivity index (χ2v) is 6.60. The van der Waals surface area contributed by atoms with Gasteiger partial charge in [0.05, 0.1) is 17.8 Å². The summed E-state index contributed by atoms with van der Waals surface area (Å²) in [6, 6.07) is 10.2. The molecule has 0 aliphatic carbocycles. The van der Waals surface area contributed by atoms with Crippen LogP contribution in [0.25, 0.3) is 11.0 Å². The van der Waals surface area contributed by atoms with Crippen molar-refractivity contribution in [3.05, 3.63) is 57.2 Å². The number of carbonyl (C=O) groups is 1. The van der Waals surface area contributed by atoms with E-state index in [1.54, 1.807) is 25.1 Å². The van der Waals surface area contributed by atoms with Gasteiger partial charge in [0.15, 0.2) is 17.3 Å². The molecule has 6 nitrogen and oxygen atoms in total. The Bertz CT molecular complexity index is 1000. The molecule has 26 heavy (non-hydrogen) atoms. The van der Waals surface area contributed by atoms with Gasteiger partial charge in [0, 0.05) is 9.86 Å². The van der Waals surface area contributed by atoms with Gasteiger partial charge in [0.25, 0.3) is 0 Å². The second-order valence-electron chi connectivity index (χ2n) is 5.27. The summed E-state index contributed by atoms with van der Waals surface area (Å²) in [4.78, 5) is 12.2. The van der Waals surface area contributed by atoms with Crippen molar-refractivity contribution in [3.63, 3.8) is 0 Å². The number of phenolic OH excluding ortho intramolecular Hbond substituents is 1. The third kappa shape index (κ3) is 4.00. The molecule has 0 radical (unpaired) electrons. The number of halogens is 2. The van der Waals surface area contributed by atoms with E-state index in [1.807, 2.05) is 12.1 Å². The quantitative estimate of drug-likeness (QED) is 0.447. The number of ether oxygens (including phenoxy) is 1. The van der Waals surface area contributed by atoms with Gasteiger partial charge in [-0.25, -0.2) is 5.43 Å². The molecule has 134 valence electrons. The molecule has 2 N–H and O–H groups in total. The molecule has 0 spiro atoms. The lowest BCUT2D eigenvalue weighted by molar-refractivity contribution is 0.0929. The SMILES string of the molecule is CCOc1cc(/C=N/NC(=O)c2cc3cc(Br)ccc3o2)cc(Cl)c1O. The van der Waals surface area contributed by atoms with Crippen LogP contribution in [-0.4, -0.2) is 23.8 Å². The van der Waals surface area contributed by atoms with Gasteiger partial charge in [-0.05, 0) is 48.9 Å². The smallest absolute Gasteiger partial charge is 0.307 e. The molecule has 1 heterocycles. The molecule has 3 aromatic rings. The lowest BCUT2D eigenvalue weighted by atomic mass is 10.2. The fourth-order valence-electron chi connectivity index (χ4n) is 2.28. The van der Waals surface area contributed by atoms with E-state index in [9.17, 15) is 9.90 Å². The lowest BCUT2D eigenvalue weighted by Gasteiger charge is -2.08. The molecule has 0 saturated heterocycles. The number of phenols is 1. The van der Waals surface area contributed by atoms with Gasteiger partial charge in [0.1, 0.15) is 5.58 Å². The van der Waals surface area contributed by atoms with Crippen LogP contribution in [0.5, 0.6) is 11.5 Å². The number of fused-ring (bicyclic) bond motifs is 1. The molecule has 8 heteroatoms. The first-order chi connectivity index (χ1) is 12.5. The summed E-state index contributed by atoms with van der Waals surface area (Å²) >= 11 is 9.32. The van der Waals surface area contributed by atoms with Crippen LogP contribution in [0, 0.1) is 0 Å². The minimum atomic E-state index is -0.483. The molecule has 0 fully saturated rings. The minimum absolute atomic E-state index is 0.131. The Labute approximate surface area is 162 Å². The summed E-state index contributed by atoms with van der Waals surface area (Å²) in [5.41, 5.74) is 3.55. The van der Waals surface area contributed by atoms with Crippen LogP contribution < -0.4 is 10.2 Å². The average Bonchev–Trinajstić information content (AvgIpc) is 3.02. The zero-order valence-corrected chi connectivity index (χ0v) is 16.0. The van der Waals surface area contributed by atoms with Crippen LogP contribution in [0.4, 0.5) is 0 Å². The predicted octanol–water partition coefficient (Wildman–Crippen LogP) is 4.72. The number of furan rings is 1. The number of amides is 1. The van der Waals surface area contributed by atoms with E-state index in [-0.39, 0.29) is 22.3 Å². The Balaban J connectivity index is 1.74. The topological polar surface area (TPSA) is 84.1 Å². The number of benzene rings is 2. The molecular weight excluding hydrogens is 424 g/mol. The first kappa shape index (κ1) is 18.3. The summed E-state index contributed by atoms with van der Waals surface area (Å²) in [6.45, 7) is 2.17. The summed E-state index contributed by atoms with van der Waals surface area (Å²) in [5.74, 6) is -0.226. The first-order valence-corrected chi connectivity index (χ1v) is 8.83. The Hall–Kier alpha value is -2.51. The minimum Gasteiger partial charge on any atom is -0.503 e. The zero-order chi connectivity index (χ0) is 18.7. The largest absolute Gasteiger partial charge is 0.503 e. The van der Waals surface area contributed by atoms with Crippen LogP contribution in [-0.2, 0) is 0 Å². The van der Waals surface area contributed by atoms with E-state index < -0.39 is 5.91 Å². The van der Waals surface area contributed by atoms with Crippen LogP contribution in [0.1, 0.15) is 23.0 Å². The maximum absolute atomic E-state index is 12.2. The van der Waals surface area contributed by atoms with Crippen molar-refractivity contribution < 1.29 is 19.1 Å². The van der Waals surface area contributed by atoms with E-state index >= 15 is 0 Å². The van der Waals surface area contributed by atoms with Crippen molar-refractivity contribution >= 4 is 50.6 Å². The van der Waals surface area contributed by atoms with Gasteiger partial charge in [-0.1, -0.05) is 27.5 Å². The molecule has 1 amide bonds. The molecule has 0 bridgehead atoms. The van der Waals surface area contributed by atoms with Crippen LogP contribution in [0.2, 0.25) is 5.02 Å². The summed E-state index contributed by atoms with van der Waals surface area (Å²) in [6.07, 6.45) is 1.39.